The molecule has 0 amide bonds. The summed E-state index contributed by atoms with van der Waals surface area (Å²) >= 11 is 0. The van der Waals surface area contributed by atoms with Gasteiger partial charge in [-0.05, 0) is 92.4 Å². The van der Waals surface area contributed by atoms with Crippen LogP contribution in [-0.2, 0) is 14.3 Å². The zero-order valence-electron chi connectivity index (χ0n) is 26.3. The first-order valence-electron chi connectivity index (χ1n) is 15.3. The van der Waals surface area contributed by atoms with Gasteiger partial charge < -0.3 is 28.4 Å². The second kappa shape index (κ2) is 19.3. The van der Waals surface area contributed by atoms with Gasteiger partial charge in [-0.3, -0.25) is 0 Å². The van der Waals surface area contributed by atoms with Gasteiger partial charge in [0, 0.05) is 6.08 Å². The van der Waals surface area contributed by atoms with Crippen LogP contribution in [0, 0.1) is 0 Å². The summed E-state index contributed by atoms with van der Waals surface area (Å²) in [7, 11) is 0. The van der Waals surface area contributed by atoms with Crippen molar-refractivity contribution in [2.75, 3.05) is 26.4 Å². The van der Waals surface area contributed by atoms with E-state index < -0.39 is 23.9 Å². The zero-order chi connectivity index (χ0) is 33.1. The predicted octanol–water partition coefficient (Wildman–Crippen LogP) is 7.15. The third-order valence-corrected chi connectivity index (χ3v) is 6.48. The van der Waals surface area contributed by atoms with Gasteiger partial charge in [-0.2, -0.15) is 0 Å². The molecule has 0 N–H and O–H groups in total. The van der Waals surface area contributed by atoms with E-state index in [1.54, 1.807) is 48.5 Å². The number of esters is 4. The van der Waals surface area contributed by atoms with E-state index in [2.05, 4.69) is 20.4 Å². The maximum absolute atomic E-state index is 13.1. The lowest BCUT2D eigenvalue weighted by molar-refractivity contribution is -0.137. The summed E-state index contributed by atoms with van der Waals surface area (Å²) in [6, 6.07) is 17.1. The molecular weight excluding hydrogens is 592 g/mol. The van der Waals surface area contributed by atoms with Crippen molar-refractivity contribution in [1.82, 2.24) is 0 Å². The molecule has 0 saturated heterocycles. The lowest BCUT2D eigenvalue weighted by Gasteiger charge is -2.13. The fourth-order valence-electron chi connectivity index (χ4n) is 3.87. The van der Waals surface area contributed by atoms with E-state index >= 15 is 0 Å². The molecule has 3 aromatic rings. The van der Waals surface area contributed by atoms with Gasteiger partial charge >= 0.3 is 23.9 Å². The fraction of sp³-hybridized carbons (Fsp3) is 0.333. The molecule has 0 atom stereocenters. The molecule has 3 rings (SSSR count). The monoisotopic (exact) mass is 632 g/mol. The van der Waals surface area contributed by atoms with Gasteiger partial charge in [0.2, 0.25) is 0 Å². The Morgan fingerprint density at radius 2 is 1.09 bits per heavy atom. The van der Waals surface area contributed by atoms with Crippen molar-refractivity contribution in [3.63, 3.8) is 0 Å². The van der Waals surface area contributed by atoms with Crippen LogP contribution in [-0.4, -0.2) is 50.3 Å². The van der Waals surface area contributed by atoms with Gasteiger partial charge in [0.15, 0.2) is 0 Å². The van der Waals surface area contributed by atoms with Crippen molar-refractivity contribution in [3.8, 4) is 23.0 Å². The average molecular weight is 633 g/mol. The summed E-state index contributed by atoms with van der Waals surface area (Å²) in [4.78, 5) is 50.1. The Balaban J connectivity index is 1.71. The first-order valence-corrected chi connectivity index (χ1v) is 15.3. The molecule has 0 aromatic heterocycles. The number of carbonyl (C=O) groups excluding carboxylic acids is 4. The zero-order valence-corrected chi connectivity index (χ0v) is 26.3. The summed E-state index contributed by atoms with van der Waals surface area (Å²) < 4.78 is 32.7. The maximum Gasteiger partial charge on any atom is 0.343 e. The van der Waals surface area contributed by atoms with E-state index in [4.69, 9.17) is 28.4 Å². The quantitative estimate of drug-likeness (QED) is 0.0582. The molecule has 0 spiro atoms. The van der Waals surface area contributed by atoms with Crippen LogP contribution >= 0.6 is 0 Å². The van der Waals surface area contributed by atoms with Crippen molar-refractivity contribution < 1.29 is 47.6 Å². The maximum atomic E-state index is 13.1. The van der Waals surface area contributed by atoms with Crippen molar-refractivity contribution >= 4 is 23.9 Å². The van der Waals surface area contributed by atoms with Gasteiger partial charge in [-0.25, -0.2) is 19.2 Å². The Morgan fingerprint density at radius 3 is 1.61 bits per heavy atom. The standard InChI is InChI=1S/C36H40O10/c1-4-7-21-41-28-15-11-26(12-16-28)34(38)45-30-19-20-32(31(25-30)36(40)44-24-10-9-23-43-33(37)6-3)46-35(39)27-13-17-29(18-14-27)42-22-8-5-2/h6,11-20,25H,3-5,7-10,21-24H2,1-2H3. The predicted molar refractivity (Wildman–Crippen MR) is 171 cm³/mol. The molecule has 0 aliphatic carbocycles. The van der Waals surface area contributed by atoms with Gasteiger partial charge in [-0.15, -0.1) is 0 Å². The summed E-state index contributed by atoms with van der Waals surface area (Å²) in [5.41, 5.74) is 0.409. The van der Waals surface area contributed by atoms with E-state index in [-0.39, 0.29) is 41.4 Å². The lowest BCUT2D eigenvalue weighted by Crippen LogP contribution is -2.15. The van der Waals surface area contributed by atoms with Crippen LogP contribution in [0.2, 0.25) is 0 Å². The molecule has 46 heavy (non-hydrogen) atoms. The number of unbranched alkanes of at least 4 members (excludes halogenated alkanes) is 3. The molecule has 3 aromatic carbocycles. The molecule has 10 heteroatoms. The molecule has 0 radical (unpaired) electrons. The van der Waals surface area contributed by atoms with E-state index in [1.165, 1.54) is 18.2 Å². The minimum absolute atomic E-state index is 0.00798. The molecule has 0 aliphatic rings. The molecule has 244 valence electrons. The highest BCUT2D eigenvalue weighted by Crippen LogP contribution is 2.27. The molecule has 0 bridgehead atoms. The van der Waals surface area contributed by atoms with Crippen LogP contribution in [0.25, 0.3) is 0 Å². The van der Waals surface area contributed by atoms with Crippen molar-refractivity contribution in [3.05, 3.63) is 96.1 Å². The molecule has 0 saturated carbocycles. The van der Waals surface area contributed by atoms with Gasteiger partial charge in [-0.1, -0.05) is 33.3 Å². The number of benzene rings is 3. The van der Waals surface area contributed by atoms with Crippen LogP contribution in [0.4, 0.5) is 0 Å². The van der Waals surface area contributed by atoms with Crippen LogP contribution in [0.1, 0.15) is 83.4 Å². The summed E-state index contributed by atoms with van der Waals surface area (Å²) in [5.74, 6) is -1.46. The van der Waals surface area contributed by atoms with Crippen LogP contribution in [0.5, 0.6) is 23.0 Å². The lowest BCUT2D eigenvalue weighted by atomic mass is 10.1. The third-order valence-electron chi connectivity index (χ3n) is 6.48. The van der Waals surface area contributed by atoms with E-state index in [0.717, 1.165) is 31.8 Å². The van der Waals surface area contributed by atoms with Gasteiger partial charge in [0.05, 0.1) is 37.6 Å². The number of ether oxygens (including phenoxy) is 6. The fourth-order valence-corrected chi connectivity index (χ4v) is 3.87. The highest BCUT2D eigenvalue weighted by atomic mass is 16.6. The molecule has 0 fully saturated rings. The summed E-state index contributed by atoms with van der Waals surface area (Å²) in [6.45, 7) is 8.77. The molecular formula is C36H40O10. The minimum Gasteiger partial charge on any atom is -0.494 e. The number of carbonyl (C=O) groups is 4. The van der Waals surface area contributed by atoms with Gasteiger partial charge in [0.1, 0.15) is 28.6 Å². The Morgan fingerprint density at radius 1 is 0.587 bits per heavy atom. The van der Waals surface area contributed by atoms with Crippen molar-refractivity contribution in [1.29, 1.82) is 0 Å². The second-order valence-electron chi connectivity index (χ2n) is 10.1. The topological polar surface area (TPSA) is 124 Å². The smallest absolute Gasteiger partial charge is 0.343 e. The van der Waals surface area contributed by atoms with Crippen molar-refractivity contribution in [2.24, 2.45) is 0 Å². The Labute approximate surface area is 269 Å². The molecule has 0 heterocycles. The SMILES string of the molecule is C=CC(=O)OCCCCOC(=O)c1cc(OC(=O)c2ccc(OCCCC)cc2)ccc1OC(=O)c1ccc(OCCCC)cc1. The highest BCUT2D eigenvalue weighted by Gasteiger charge is 2.21. The molecule has 0 unspecified atom stereocenters. The average Bonchev–Trinajstić information content (AvgIpc) is 3.07. The Hall–Kier alpha value is -5.12. The Bertz CT molecular complexity index is 1440. The third kappa shape index (κ3) is 11.8. The summed E-state index contributed by atoms with van der Waals surface area (Å²) in [6.07, 6.45) is 5.77. The van der Waals surface area contributed by atoms with Crippen LogP contribution in [0.15, 0.2) is 79.4 Å². The van der Waals surface area contributed by atoms with Crippen molar-refractivity contribution in [2.45, 2.75) is 52.4 Å². The number of rotatable bonds is 19. The van der Waals surface area contributed by atoms with E-state index in [0.29, 0.717) is 37.6 Å². The second-order valence-corrected chi connectivity index (χ2v) is 10.1. The Kier molecular flexibility index (Phi) is 14.8. The summed E-state index contributed by atoms with van der Waals surface area (Å²) in [5, 5.41) is 0. The van der Waals surface area contributed by atoms with Crippen LogP contribution in [0.3, 0.4) is 0 Å². The minimum atomic E-state index is -0.794. The van der Waals surface area contributed by atoms with E-state index in [9.17, 15) is 19.2 Å². The number of hydrogen-bond acceptors (Lipinski definition) is 10. The van der Waals surface area contributed by atoms with E-state index in [1.807, 2.05) is 0 Å². The highest BCUT2D eigenvalue weighted by molar-refractivity contribution is 5.97. The first kappa shape index (κ1) is 35.4. The van der Waals surface area contributed by atoms with Crippen LogP contribution < -0.4 is 18.9 Å². The first-order chi connectivity index (χ1) is 22.3. The molecule has 0 aliphatic heterocycles. The number of hydrogen-bond donors (Lipinski definition) is 0. The normalized spacial score (nSPS) is 10.4. The molecule has 10 nitrogen and oxygen atoms in total. The largest absolute Gasteiger partial charge is 0.494 e. The van der Waals surface area contributed by atoms with Gasteiger partial charge in [0.25, 0.3) is 0 Å².